The van der Waals surface area contributed by atoms with Gasteiger partial charge < -0.3 is 30.1 Å². The predicted molar refractivity (Wildman–Crippen MR) is 164 cm³/mol. The molecule has 3 atom stereocenters. The number of urea groups is 1. The fourth-order valence-electron chi connectivity index (χ4n) is 4.73. The van der Waals surface area contributed by atoms with E-state index in [0.29, 0.717) is 17.1 Å². The lowest BCUT2D eigenvalue weighted by Crippen LogP contribution is -2.50. The van der Waals surface area contributed by atoms with Crippen molar-refractivity contribution in [1.29, 1.82) is 0 Å². The molecule has 3 N–H and O–H groups in total. The van der Waals surface area contributed by atoms with E-state index in [-0.39, 0.29) is 47.7 Å². The van der Waals surface area contributed by atoms with Gasteiger partial charge in [-0.1, -0.05) is 24.6 Å². The highest BCUT2D eigenvalue weighted by molar-refractivity contribution is 7.89. The highest BCUT2D eigenvalue weighted by Crippen LogP contribution is 2.31. The van der Waals surface area contributed by atoms with Crippen LogP contribution in [0, 0.1) is 12.8 Å². The summed E-state index contributed by atoms with van der Waals surface area (Å²) in [5.74, 6) is 0.245. The molecule has 0 aromatic heterocycles. The van der Waals surface area contributed by atoms with Crippen molar-refractivity contribution in [3.63, 3.8) is 0 Å². The fraction of sp³-hybridized carbons (Fsp3) is 0.355. The maximum Gasteiger partial charge on any atom is 0.323 e. The number of aliphatic hydroxyl groups excluding tert-OH is 1. The number of hydrogen-bond acceptors (Lipinski definition) is 7. The van der Waals surface area contributed by atoms with Crippen LogP contribution in [0.4, 0.5) is 16.2 Å². The summed E-state index contributed by atoms with van der Waals surface area (Å²) in [6.45, 7) is 5.49. The lowest BCUT2D eigenvalue weighted by Gasteiger charge is -2.38. The molecule has 0 unspecified atom stereocenters. The summed E-state index contributed by atoms with van der Waals surface area (Å²) in [6.07, 6.45) is -0.623. The smallest absolute Gasteiger partial charge is 0.323 e. The number of likely N-dealkylation sites (N-methyl/N-ethyl adjacent to an activating group) is 1. The number of hydrogen-bond donors (Lipinski definition) is 3. The Hall–Kier alpha value is -4.13. The van der Waals surface area contributed by atoms with Crippen LogP contribution in [0.1, 0.15) is 29.8 Å². The van der Waals surface area contributed by atoms with Gasteiger partial charge in [0.1, 0.15) is 17.6 Å². The van der Waals surface area contributed by atoms with Gasteiger partial charge in [-0.15, -0.1) is 0 Å². The molecule has 0 aliphatic carbocycles. The Bertz CT molecular complexity index is 1550. The predicted octanol–water partition coefficient (Wildman–Crippen LogP) is 4.19. The lowest BCUT2D eigenvalue weighted by atomic mass is 9.99. The molecule has 1 heterocycles. The second-order valence-electron chi connectivity index (χ2n) is 10.7. The molecule has 3 aromatic carbocycles. The topological polar surface area (TPSA) is 138 Å². The molecule has 0 saturated heterocycles. The van der Waals surface area contributed by atoms with E-state index in [0.717, 1.165) is 5.56 Å². The van der Waals surface area contributed by atoms with Crippen molar-refractivity contribution < 1.29 is 32.6 Å². The maximum absolute atomic E-state index is 13.7. The molecule has 230 valence electrons. The lowest BCUT2D eigenvalue weighted by molar-refractivity contribution is 0.0387. The molecule has 12 heteroatoms. The van der Waals surface area contributed by atoms with Gasteiger partial charge in [0.25, 0.3) is 5.91 Å². The number of ether oxygens (including phenoxy) is 2. The number of carbonyl (C=O) groups excluding carboxylic acids is 2. The molecule has 3 amide bonds. The Balaban J connectivity index is 1.59. The minimum absolute atomic E-state index is 0.0244. The number of aryl methyl sites for hydroxylation is 1. The zero-order chi connectivity index (χ0) is 31.3. The molecular weight excluding hydrogens is 572 g/mol. The molecule has 0 bridgehead atoms. The van der Waals surface area contributed by atoms with E-state index in [2.05, 4.69) is 10.6 Å². The third-order valence-electron chi connectivity index (χ3n) is 7.44. The third-order valence-corrected chi connectivity index (χ3v) is 9.27. The first-order chi connectivity index (χ1) is 20.4. The number of nitrogens with one attached hydrogen (secondary N) is 2. The Kier molecular flexibility index (Phi) is 9.95. The van der Waals surface area contributed by atoms with Gasteiger partial charge in [0.2, 0.25) is 10.0 Å². The average molecular weight is 611 g/mol. The Morgan fingerprint density at radius 3 is 2.35 bits per heavy atom. The summed E-state index contributed by atoms with van der Waals surface area (Å²) in [5, 5.41) is 15.4. The van der Waals surface area contributed by atoms with Crippen LogP contribution in [0.25, 0.3) is 0 Å². The van der Waals surface area contributed by atoms with Gasteiger partial charge in [0.05, 0.1) is 36.8 Å². The van der Waals surface area contributed by atoms with Crippen LogP contribution in [0.3, 0.4) is 0 Å². The Morgan fingerprint density at radius 2 is 1.72 bits per heavy atom. The quantitative estimate of drug-likeness (QED) is 0.330. The number of anilines is 2. The van der Waals surface area contributed by atoms with Gasteiger partial charge in [-0.25, -0.2) is 13.2 Å². The van der Waals surface area contributed by atoms with Crippen LogP contribution >= 0.6 is 0 Å². The van der Waals surface area contributed by atoms with Crippen molar-refractivity contribution in [3.8, 4) is 11.5 Å². The van der Waals surface area contributed by atoms with Gasteiger partial charge >= 0.3 is 6.03 Å². The van der Waals surface area contributed by atoms with E-state index in [1.165, 1.54) is 17.4 Å². The summed E-state index contributed by atoms with van der Waals surface area (Å²) in [7, 11) is -0.749. The first kappa shape index (κ1) is 31.8. The molecule has 0 spiro atoms. The van der Waals surface area contributed by atoms with Crippen molar-refractivity contribution in [2.45, 2.75) is 37.8 Å². The number of aliphatic hydroxyl groups is 1. The van der Waals surface area contributed by atoms with Crippen LogP contribution in [0.15, 0.2) is 71.6 Å². The highest BCUT2D eigenvalue weighted by atomic mass is 32.2. The molecule has 1 aliphatic rings. The zero-order valence-electron chi connectivity index (χ0n) is 24.9. The summed E-state index contributed by atoms with van der Waals surface area (Å²) in [4.78, 5) is 28.1. The molecule has 11 nitrogen and oxygen atoms in total. The molecular formula is C31H38N4O7S. The third kappa shape index (κ3) is 7.45. The summed E-state index contributed by atoms with van der Waals surface area (Å²) in [6, 6.07) is 17.1. The summed E-state index contributed by atoms with van der Waals surface area (Å²) in [5.41, 5.74) is 2.03. The molecule has 3 aromatic rings. The van der Waals surface area contributed by atoms with Gasteiger partial charge in [0, 0.05) is 30.9 Å². The first-order valence-electron chi connectivity index (χ1n) is 13.9. The van der Waals surface area contributed by atoms with Crippen LogP contribution in [-0.2, 0) is 10.0 Å². The first-order valence-corrected chi connectivity index (χ1v) is 15.3. The van der Waals surface area contributed by atoms with E-state index in [4.69, 9.17) is 9.47 Å². The molecule has 4 rings (SSSR count). The second-order valence-corrected chi connectivity index (χ2v) is 12.8. The minimum atomic E-state index is -3.80. The van der Waals surface area contributed by atoms with Crippen LogP contribution in [0.2, 0.25) is 0 Å². The maximum atomic E-state index is 13.7. The van der Waals surface area contributed by atoms with E-state index < -0.39 is 28.2 Å². The van der Waals surface area contributed by atoms with Crippen LogP contribution in [0.5, 0.6) is 11.5 Å². The zero-order valence-corrected chi connectivity index (χ0v) is 25.7. The number of benzene rings is 3. The molecule has 0 saturated carbocycles. The minimum Gasteiger partial charge on any atom is -0.497 e. The van der Waals surface area contributed by atoms with E-state index in [1.54, 1.807) is 79.6 Å². The normalized spacial score (nSPS) is 17.7. The number of carbonyl (C=O) groups is 2. The number of amides is 3. The van der Waals surface area contributed by atoms with Gasteiger partial charge in [-0.2, -0.15) is 4.31 Å². The number of nitrogens with zero attached hydrogens (tertiary/aromatic N) is 2. The average Bonchev–Trinajstić information content (AvgIpc) is 2.99. The number of sulfonamides is 1. The van der Waals surface area contributed by atoms with Gasteiger partial charge in [-0.05, 0) is 68.4 Å². The largest absolute Gasteiger partial charge is 0.497 e. The Morgan fingerprint density at radius 1 is 1.09 bits per heavy atom. The second kappa shape index (κ2) is 13.4. The van der Waals surface area contributed by atoms with E-state index >= 15 is 0 Å². The molecule has 1 aliphatic heterocycles. The summed E-state index contributed by atoms with van der Waals surface area (Å²) >= 11 is 0. The number of fused-ring (bicyclic) bond motifs is 1. The highest BCUT2D eigenvalue weighted by Gasteiger charge is 2.35. The van der Waals surface area contributed by atoms with Crippen molar-refractivity contribution in [2.24, 2.45) is 5.92 Å². The standard InChI is InChI=1S/C31H38N4O7S/c1-20-6-13-26(14-7-20)43(39,40)34(4)18-29-21(2)17-35(22(3)19-36)30(37)27-16-24(10-15-28(27)42-29)33-31(38)32-23-8-11-25(41-5)12-9-23/h6-16,21-22,29,36H,17-19H2,1-5H3,(H2,32,33,38)/t21-,22-,29-/m0/s1. The Labute approximate surface area is 252 Å². The molecule has 43 heavy (non-hydrogen) atoms. The van der Waals surface area contributed by atoms with Crippen molar-refractivity contribution in [3.05, 3.63) is 77.9 Å². The molecule has 0 radical (unpaired) electrons. The van der Waals surface area contributed by atoms with Crippen molar-refractivity contribution in [2.75, 3.05) is 44.5 Å². The SMILES string of the molecule is COc1ccc(NC(=O)Nc2ccc3c(c2)C(=O)N([C@@H](C)CO)C[C@H](C)[C@H](CN(C)S(=O)(=O)c2ccc(C)cc2)O3)cc1. The van der Waals surface area contributed by atoms with Crippen molar-refractivity contribution in [1.82, 2.24) is 9.21 Å². The fourth-order valence-corrected chi connectivity index (χ4v) is 5.91. The van der Waals surface area contributed by atoms with Gasteiger partial charge in [-0.3, -0.25) is 4.79 Å². The van der Waals surface area contributed by atoms with Crippen molar-refractivity contribution >= 4 is 33.3 Å². The molecule has 0 fully saturated rings. The number of rotatable bonds is 9. The summed E-state index contributed by atoms with van der Waals surface area (Å²) < 4.78 is 39.4. The van der Waals surface area contributed by atoms with E-state index in [9.17, 15) is 23.1 Å². The monoisotopic (exact) mass is 610 g/mol. The number of methoxy groups -OCH3 is 1. The van der Waals surface area contributed by atoms with Crippen LogP contribution < -0.4 is 20.1 Å². The van der Waals surface area contributed by atoms with Gasteiger partial charge in [0.15, 0.2) is 0 Å². The van der Waals surface area contributed by atoms with E-state index in [1.807, 2.05) is 13.8 Å². The van der Waals surface area contributed by atoms with Crippen LogP contribution in [-0.4, -0.2) is 80.7 Å².